The maximum absolute atomic E-state index is 9.95. The SMILES string of the molecule is N#Cc1ccc(C#N)c(-c2cc(-c3ccc4oc5ccccc5c4c3)cc(-c3ccc4oc5ccccc5c4c3)c2)c1. The van der Waals surface area contributed by atoms with Crippen LogP contribution in [0.15, 0.2) is 130 Å². The quantitative estimate of drug-likeness (QED) is 0.225. The molecule has 42 heavy (non-hydrogen) atoms. The topological polar surface area (TPSA) is 73.9 Å². The fourth-order valence-corrected chi connectivity index (χ4v) is 5.88. The van der Waals surface area contributed by atoms with E-state index in [1.54, 1.807) is 18.2 Å². The number of benzene rings is 6. The maximum atomic E-state index is 9.95. The van der Waals surface area contributed by atoms with E-state index < -0.39 is 0 Å². The zero-order valence-electron chi connectivity index (χ0n) is 22.3. The fourth-order valence-electron chi connectivity index (χ4n) is 5.88. The van der Waals surface area contributed by atoms with Crippen molar-refractivity contribution in [2.75, 3.05) is 0 Å². The minimum Gasteiger partial charge on any atom is -0.456 e. The first-order chi connectivity index (χ1) is 20.7. The molecule has 0 radical (unpaired) electrons. The molecule has 0 N–H and O–H groups in total. The maximum Gasteiger partial charge on any atom is 0.135 e. The van der Waals surface area contributed by atoms with Crippen LogP contribution in [0.4, 0.5) is 0 Å². The molecule has 2 aromatic heterocycles. The third-order valence-corrected chi connectivity index (χ3v) is 7.93. The Morgan fingerprint density at radius 2 is 0.929 bits per heavy atom. The van der Waals surface area contributed by atoms with Gasteiger partial charge in [0.05, 0.1) is 23.3 Å². The molecule has 0 fully saturated rings. The Kier molecular flexibility index (Phi) is 5.22. The van der Waals surface area contributed by atoms with E-state index in [1.807, 2.05) is 48.5 Å². The Morgan fingerprint density at radius 1 is 0.405 bits per heavy atom. The van der Waals surface area contributed by atoms with Gasteiger partial charge in [-0.1, -0.05) is 48.5 Å². The number of nitriles is 2. The van der Waals surface area contributed by atoms with Gasteiger partial charge in [0, 0.05) is 27.1 Å². The molecule has 0 spiro atoms. The van der Waals surface area contributed by atoms with Crippen LogP contribution in [0, 0.1) is 22.7 Å². The van der Waals surface area contributed by atoms with Gasteiger partial charge in [-0.25, -0.2) is 0 Å². The lowest BCUT2D eigenvalue weighted by Crippen LogP contribution is -1.90. The Morgan fingerprint density at radius 3 is 1.48 bits per heavy atom. The highest BCUT2D eigenvalue weighted by Crippen LogP contribution is 2.39. The van der Waals surface area contributed by atoms with Gasteiger partial charge in [-0.15, -0.1) is 0 Å². The van der Waals surface area contributed by atoms with Crippen molar-refractivity contribution in [3.8, 4) is 45.5 Å². The molecular formula is C38H20N2O2. The minimum absolute atomic E-state index is 0.508. The van der Waals surface area contributed by atoms with Gasteiger partial charge in [0.1, 0.15) is 22.3 Å². The van der Waals surface area contributed by atoms with E-state index in [0.29, 0.717) is 11.1 Å². The molecule has 8 rings (SSSR count). The summed E-state index contributed by atoms with van der Waals surface area (Å²) in [6.45, 7) is 0. The van der Waals surface area contributed by atoms with E-state index in [-0.39, 0.29) is 0 Å². The molecule has 2 heterocycles. The molecule has 0 bridgehead atoms. The van der Waals surface area contributed by atoms with Crippen LogP contribution in [-0.2, 0) is 0 Å². The molecule has 0 unspecified atom stereocenters. The molecule has 0 amide bonds. The van der Waals surface area contributed by atoms with Crippen LogP contribution in [0.3, 0.4) is 0 Å². The van der Waals surface area contributed by atoms with E-state index >= 15 is 0 Å². The largest absolute Gasteiger partial charge is 0.456 e. The molecule has 8 aromatic rings. The van der Waals surface area contributed by atoms with Crippen LogP contribution in [0.1, 0.15) is 11.1 Å². The van der Waals surface area contributed by atoms with Crippen molar-refractivity contribution in [1.29, 1.82) is 10.5 Å². The summed E-state index contributed by atoms with van der Waals surface area (Å²) >= 11 is 0. The lowest BCUT2D eigenvalue weighted by atomic mass is 9.90. The summed E-state index contributed by atoms with van der Waals surface area (Å²) < 4.78 is 12.2. The van der Waals surface area contributed by atoms with Crippen LogP contribution in [0.25, 0.3) is 77.3 Å². The highest BCUT2D eigenvalue weighted by Gasteiger charge is 2.15. The van der Waals surface area contributed by atoms with Gasteiger partial charge in [-0.05, 0) is 101 Å². The number of furan rings is 2. The van der Waals surface area contributed by atoms with Crippen LogP contribution in [-0.4, -0.2) is 0 Å². The molecule has 6 aromatic carbocycles. The van der Waals surface area contributed by atoms with E-state index in [4.69, 9.17) is 8.83 Å². The van der Waals surface area contributed by atoms with Gasteiger partial charge in [-0.2, -0.15) is 10.5 Å². The Labute approximate surface area is 240 Å². The number of rotatable bonds is 3. The van der Waals surface area contributed by atoms with Crippen LogP contribution >= 0.6 is 0 Å². The summed E-state index contributed by atoms with van der Waals surface area (Å²) in [5, 5.41) is 23.8. The molecule has 0 aliphatic rings. The predicted molar refractivity (Wildman–Crippen MR) is 167 cm³/mol. The second-order valence-corrected chi connectivity index (χ2v) is 10.4. The average molecular weight is 537 g/mol. The molecule has 194 valence electrons. The summed E-state index contributed by atoms with van der Waals surface area (Å²) in [7, 11) is 0. The smallest absolute Gasteiger partial charge is 0.135 e. The lowest BCUT2D eigenvalue weighted by molar-refractivity contribution is 0.668. The predicted octanol–water partition coefficient (Wildman–Crippen LogP) is 10.2. The summed E-state index contributed by atoms with van der Waals surface area (Å²) in [6, 6.07) is 44.7. The van der Waals surface area contributed by atoms with E-state index in [1.165, 1.54) is 0 Å². The first-order valence-corrected chi connectivity index (χ1v) is 13.6. The molecule has 0 atom stereocenters. The number of nitrogens with zero attached hydrogens (tertiary/aromatic N) is 2. The van der Waals surface area contributed by atoms with Gasteiger partial charge in [0.2, 0.25) is 0 Å². The molecule has 0 saturated heterocycles. The van der Waals surface area contributed by atoms with Gasteiger partial charge in [0.15, 0.2) is 0 Å². The summed E-state index contributed by atoms with van der Waals surface area (Å²) in [5.74, 6) is 0. The van der Waals surface area contributed by atoms with Crippen molar-refractivity contribution in [3.05, 3.63) is 132 Å². The first-order valence-electron chi connectivity index (χ1n) is 13.6. The van der Waals surface area contributed by atoms with Crippen LogP contribution < -0.4 is 0 Å². The Balaban J connectivity index is 1.38. The molecule has 4 nitrogen and oxygen atoms in total. The Bertz CT molecular complexity index is 2310. The summed E-state index contributed by atoms with van der Waals surface area (Å²) in [6.07, 6.45) is 0. The third-order valence-electron chi connectivity index (χ3n) is 7.93. The zero-order valence-corrected chi connectivity index (χ0v) is 22.3. The standard InChI is InChI=1S/C38H20N2O2/c39-21-23-9-10-26(22-40)32(15-23)29-17-27(24-11-13-37-33(19-24)30-5-1-3-7-35(30)41-37)16-28(18-29)25-12-14-38-34(20-25)31-6-2-4-8-36(31)42-38/h1-20H. The van der Waals surface area contributed by atoms with Crippen molar-refractivity contribution in [1.82, 2.24) is 0 Å². The normalized spacial score (nSPS) is 11.3. The first kappa shape index (κ1) is 23.8. The number of hydrogen-bond donors (Lipinski definition) is 0. The van der Waals surface area contributed by atoms with Crippen LogP contribution in [0.5, 0.6) is 0 Å². The van der Waals surface area contributed by atoms with Crippen molar-refractivity contribution >= 4 is 43.9 Å². The van der Waals surface area contributed by atoms with Gasteiger partial charge < -0.3 is 8.83 Å². The monoisotopic (exact) mass is 536 g/mol. The molecular weight excluding hydrogens is 516 g/mol. The van der Waals surface area contributed by atoms with Crippen molar-refractivity contribution in [2.24, 2.45) is 0 Å². The third kappa shape index (κ3) is 3.75. The second kappa shape index (κ2) is 9.24. The van der Waals surface area contributed by atoms with Gasteiger partial charge >= 0.3 is 0 Å². The number of para-hydroxylation sites is 2. The summed E-state index contributed by atoms with van der Waals surface area (Å²) in [4.78, 5) is 0. The van der Waals surface area contributed by atoms with Crippen molar-refractivity contribution in [2.45, 2.75) is 0 Å². The highest BCUT2D eigenvalue weighted by molar-refractivity contribution is 6.07. The lowest BCUT2D eigenvalue weighted by Gasteiger charge is -2.13. The molecule has 0 aliphatic heterocycles. The van der Waals surface area contributed by atoms with E-state index in [9.17, 15) is 10.5 Å². The second-order valence-electron chi connectivity index (χ2n) is 10.4. The fraction of sp³-hybridized carbons (Fsp3) is 0. The van der Waals surface area contributed by atoms with E-state index in [2.05, 4.69) is 66.7 Å². The molecule has 0 aliphatic carbocycles. The average Bonchev–Trinajstić information content (AvgIpc) is 3.61. The summed E-state index contributed by atoms with van der Waals surface area (Å²) in [5.41, 5.74) is 10.1. The van der Waals surface area contributed by atoms with Crippen molar-refractivity contribution in [3.63, 3.8) is 0 Å². The van der Waals surface area contributed by atoms with Crippen LogP contribution in [0.2, 0.25) is 0 Å². The molecule has 0 saturated carbocycles. The minimum atomic E-state index is 0.508. The Hall–Kier alpha value is -6.10. The van der Waals surface area contributed by atoms with Crippen molar-refractivity contribution < 1.29 is 8.83 Å². The highest BCUT2D eigenvalue weighted by atomic mass is 16.3. The van der Waals surface area contributed by atoms with Gasteiger partial charge in [-0.3, -0.25) is 0 Å². The molecule has 4 heteroatoms. The number of hydrogen-bond acceptors (Lipinski definition) is 4. The van der Waals surface area contributed by atoms with E-state index in [0.717, 1.165) is 77.3 Å². The van der Waals surface area contributed by atoms with Gasteiger partial charge in [0.25, 0.3) is 0 Å². The number of fused-ring (bicyclic) bond motifs is 6. The zero-order chi connectivity index (χ0) is 28.2.